The second-order valence-electron chi connectivity index (χ2n) is 5.75. The lowest BCUT2D eigenvalue weighted by Gasteiger charge is -2.23. The number of rotatable bonds is 3. The van der Waals surface area contributed by atoms with E-state index in [-0.39, 0.29) is 6.03 Å². The molecule has 2 amide bonds. The third-order valence-corrected chi connectivity index (χ3v) is 4.19. The molecule has 3 nitrogen and oxygen atoms in total. The average molecular weight is 260 g/mol. The maximum Gasteiger partial charge on any atom is 0.317 e. The molecule has 2 unspecified atom stereocenters. The Balaban J connectivity index is 1.91. The number of hydrogen-bond donors (Lipinski definition) is 1. The molecule has 1 aliphatic carbocycles. The molecule has 0 aromatic heterocycles. The Kier molecular flexibility index (Phi) is 4.46. The van der Waals surface area contributed by atoms with Gasteiger partial charge in [-0.25, -0.2) is 4.79 Å². The minimum Gasteiger partial charge on any atom is -0.335 e. The fourth-order valence-corrected chi connectivity index (χ4v) is 2.74. The van der Waals surface area contributed by atoms with E-state index in [9.17, 15) is 4.79 Å². The molecule has 1 N–H and O–H groups in total. The van der Waals surface area contributed by atoms with Gasteiger partial charge >= 0.3 is 6.03 Å². The molecule has 0 radical (unpaired) electrons. The number of carbonyl (C=O) groups excluding carboxylic acids is 1. The summed E-state index contributed by atoms with van der Waals surface area (Å²) in [5.41, 5.74) is 2.44. The molecule has 1 fully saturated rings. The molecule has 3 heteroatoms. The molecule has 0 heterocycles. The lowest BCUT2D eigenvalue weighted by molar-refractivity contribution is 0.200. The zero-order valence-corrected chi connectivity index (χ0v) is 12.1. The first kappa shape index (κ1) is 13.9. The highest BCUT2D eigenvalue weighted by molar-refractivity contribution is 5.74. The van der Waals surface area contributed by atoms with Gasteiger partial charge in [-0.15, -0.1) is 0 Å². The molecule has 2 rings (SSSR count). The summed E-state index contributed by atoms with van der Waals surface area (Å²) in [6, 6.07) is 8.61. The van der Waals surface area contributed by atoms with Gasteiger partial charge in [-0.3, -0.25) is 0 Å². The fourth-order valence-electron chi connectivity index (χ4n) is 2.74. The smallest absolute Gasteiger partial charge is 0.317 e. The monoisotopic (exact) mass is 260 g/mol. The molecule has 2 atom stereocenters. The Morgan fingerprint density at radius 1 is 1.37 bits per heavy atom. The van der Waals surface area contributed by atoms with E-state index in [1.807, 2.05) is 19.2 Å². The van der Waals surface area contributed by atoms with Crippen molar-refractivity contribution >= 4 is 6.03 Å². The highest BCUT2D eigenvalue weighted by Gasteiger charge is 2.25. The maximum absolute atomic E-state index is 12.2. The summed E-state index contributed by atoms with van der Waals surface area (Å²) in [6.45, 7) is 4.97. The van der Waals surface area contributed by atoms with E-state index < -0.39 is 0 Å². The molecule has 0 bridgehead atoms. The van der Waals surface area contributed by atoms with Crippen LogP contribution in [0, 0.1) is 12.8 Å². The highest BCUT2D eigenvalue weighted by atomic mass is 16.2. The number of amides is 2. The number of nitrogens with zero attached hydrogens (tertiary/aromatic N) is 1. The van der Waals surface area contributed by atoms with Crippen LogP contribution in [0.3, 0.4) is 0 Å². The highest BCUT2D eigenvalue weighted by Crippen LogP contribution is 2.24. The van der Waals surface area contributed by atoms with E-state index in [1.165, 1.54) is 24.0 Å². The summed E-state index contributed by atoms with van der Waals surface area (Å²) < 4.78 is 0. The van der Waals surface area contributed by atoms with Crippen molar-refractivity contribution in [2.75, 3.05) is 7.05 Å². The first-order valence-electron chi connectivity index (χ1n) is 7.14. The van der Waals surface area contributed by atoms with Crippen LogP contribution in [0.15, 0.2) is 24.3 Å². The van der Waals surface area contributed by atoms with Gasteiger partial charge in [0.05, 0.1) is 0 Å². The van der Waals surface area contributed by atoms with E-state index in [2.05, 4.69) is 31.3 Å². The molecule has 1 aromatic rings. The largest absolute Gasteiger partial charge is 0.335 e. The molecule has 1 aliphatic rings. The van der Waals surface area contributed by atoms with Crippen LogP contribution < -0.4 is 5.32 Å². The van der Waals surface area contributed by atoms with Gasteiger partial charge in [0.2, 0.25) is 0 Å². The summed E-state index contributed by atoms with van der Waals surface area (Å²) in [4.78, 5) is 13.9. The first-order chi connectivity index (χ1) is 9.08. The van der Waals surface area contributed by atoms with E-state index in [4.69, 9.17) is 0 Å². The number of carbonyl (C=O) groups is 1. The van der Waals surface area contributed by atoms with Gasteiger partial charge in [0.15, 0.2) is 0 Å². The van der Waals surface area contributed by atoms with Crippen molar-refractivity contribution in [3.63, 3.8) is 0 Å². The Hall–Kier alpha value is -1.51. The number of urea groups is 1. The molecule has 0 spiro atoms. The minimum absolute atomic E-state index is 0.0435. The van der Waals surface area contributed by atoms with Gasteiger partial charge in [-0.05, 0) is 36.8 Å². The van der Waals surface area contributed by atoms with Gasteiger partial charge < -0.3 is 10.2 Å². The summed E-state index contributed by atoms with van der Waals surface area (Å²) >= 11 is 0. The first-order valence-corrected chi connectivity index (χ1v) is 7.14. The maximum atomic E-state index is 12.2. The molecular weight excluding hydrogens is 236 g/mol. The summed E-state index contributed by atoms with van der Waals surface area (Å²) in [7, 11) is 1.86. The van der Waals surface area contributed by atoms with E-state index in [1.54, 1.807) is 4.90 Å². The summed E-state index contributed by atoms with van der Waals surface area (Å²) in [5, 5.41) is 3.16. The van der Waals surface area contributed by atoms with Gasteiger partial charge in [0, 0.05) is 19.6 Å². The second-order valence-corrected chi connectivity index (χ2v) is 5.75. The van der Waals surface area contributed by atoms with E-state index >= 15 is 0 Å². The molecular formula is C16H24N2O. The van der Waals surface area contributed by atoms with Crippen molar-refractivity contribution in [1.29, 1.82) is 0 Å². The average Bonchev–Trinajstić information content (AvgIpc) is 2.78. The van der Waals surface area contributed by atoms with Crippen molar-refractivity contribution in [2.45, 2.75) is 45.7 Å². The third-order valence-electron chi connectivity index (χ3n) is 4.19. The van der Waals surface area contributed by atoms with Crippen LogP contribution in [0.4, 0.5) is 4.79 Å². The lowest BCUT2D eigenvalue weighted by Crippen LogP contribution is -2.43. The van der Waals surface area contributed by atoms with Crippen molar-refractivity contribution < 1.29 is 4.79 Å². The van der Waals surface area contributed by atoms with Gasteiger partial charge in [-0.1, -0.05) is 37.6 Å². The van der Waals surface area contributed by atoms with Crippen molar-refractivity contribution in [2.24, 2.45) is 5.92 Å². The van der Waals surface area contributed by atoms with Crippen LogP contribution in [0.5, 0.6) is 0 Å². The minimum atomic E-state index is 0.0435. The van der Waals surface area contributed by atoms with Crippen molar-refractivity contribution in [3.8, 4) is 0 Å². The molecule has 0 saturated heterocycles. The zero-order valence-electron chi connectivity index (χ0n) is 12.1. The summed E-state index contributed by atoms with van der Waals surface area (Å²) in [5.74, 6) is 0.607. The number of aryl methyl sites for hydroxylation is 1. The zero-order chi connectivity index (χ0) is 13.8. The summed E-state index contributed by atoms with van der Waals surface area (Å²) in [6.07, 6.45) is 3.57. The lowest BCUT2D eigenvalue weighted by atomic mass is 10.1. The predicted molar refractivity (Wildman–Crippen MR) is 78.0 cm³/mol. The number of benzene rings is 1. The van der Waals surface area contributed by atoms with Crippen molar-refractivity contribution in [3.05, 3.63) is 35.4 Å². The topological polar surface area (TPSA) is 32.3 Å². The van der Waals surface area contributed by atoms with E-state index in [0.717, 1.165) is 6.42 Å². The Morgan fingerprint density at radius 2 is 2.11 bits per heavy atom. The van der Waals surface area contributed by atoms with Crippen LogP contribution in [-0.4, -0.2) is 24.0 Å². The predicted octanol–water partition coefficient (Wildman–Crippen LogP) is 3.33. The fraction of sp³-hybridized carbons (Fsp3) is 0.562. The van der Waals surface area contributed by atoms with Crippen LogP contribution in [0.25, 0.3) is 0 Å². The van der Waals surface area contributed by atoms with E-state index in [0.29, 0.717) is 18.5 Å². The second kappa shape index (κ2) is 6.09. The molecule has 1 saturated carbocycles. The third kappa shape index (κ3) is 3.49. The normalized spacial score (nSPS) is 22.3. The Morgan fingerprint density at radius 3 is 2.74 bits per heavy atom. The molecule has 0 aliphatic heterocycles. The Bertz CT molecular complexity index is 444. The SMILES string of the molecule is Cc1ccccc1CN(C)C(=O)NC1CCCC1C. The molecule has 1 aromatic carbocycles. The van der Waals surface area contributed by atoms with Gasteiger partial charge in [0.25, 0.3) is 0 Å². The van der Waals surface area contributed by atoms with Gasteiger partial charge in [-0.2, -0.15) is 0 Å². The van der Waals surface area contributed by atoms with Crippen LogP contribution in [0.1, 0.15) is 37.3 Å². The number of hydrogen-bond acceptors (Lipinski definition) is 1. The van der Waals surface area contributed by atoms with Crippen LogP contribution in [-0.2, 0) is 6.54 Å². The Labute approximate surface area is 116 Å². The van der Waals surface area contributed by atoms with Crippen LogP contribution >= 0.6 is 0 Å². The van der Waals surface area contributed by atoms with Crippen molar-refractivity contribution in [1.82, 2.24) is 10.2 Å². The standard InChI is InChI=1S/C16H24N2O/c1-12-7-4-5-9-14(12)11-18(3)16(19)17-15-10-6-8-13(15)2/h4-5,7,9,13,15H,6,8,10-11H2,1-3H3,(H,17,19). The van der Waals surface area contributed by atoms with Gasteiger partial charge in [0.1, 0.15) is 0 Å². The molecule has 104 valence electrons. The van der Waals surface area contributed by atoms with Crippen LogP contribution in [0.2, 0.25) is 0 Å². The molecule has 19 heavy (non-hydrogen) atoms. The quantitative estimate of drug-likeness (QED) is 0.888. The number of nitrogens with one attached hydrogen (secondary N) is 1.